The number of hydrogen-bond acceptors (Lipinski definition) is 6. The SMILES string of the molecule is CNC(=O)c1cc2c(Oc3ccc(NC(=O)Oc4ccccc4)c(Cl)c3)ccnc2cc1OC. The molecule has 9 heteroatoms. The largest absolute Gasteiger partial charge is 0.496 e. The van der Waals surface area contributed by atoms with E-state index in [9.17, 15) is 9.59 Å². The molecule has 0 spiro atoms. The molecule has 0 aliphatic rings. The van der Waals surface area contributed by atoms with Crippen molar-refractivity contribution in [2.24, 2.45) is 0 Å². The van der Waals surface area contributed by atoms with E-state index in [1.165, 1.54) is 7.11 Å². The van der Waals surface area contributed by atoms with E-state index in [4.69, 9.17) is 25.8 Å². The van der Waals surface area contributed by atoms with Crippen LogP contribution in [0.4, 0.5) is 10.5 Å². The van der Waals surface area contributed by atoms with E-state index in [1.807, 2.05) is 6.07 Å². The first-order chi connectivity index (χ1) is 16.5. The number of methoxy groups -OCH3 is 1. The van der Waals surface area contributed by atoms with E-state index >= 15 is 0 Å². The Morgan fingerprint density at radius 2 is 1.74 bits per heavy atom. The molecule has 4 rings (SSSR count). The Morgan fingerprint density at radius 3 is 2.44 bits per heavy atom. The van der Waals surface area contributed by atoms with Crippen LogP contribution < -0.4 is 24.8 Å². The number of pyridine rings is 1. The van der Waals surface area contributed by atoms with Crippen LogP contribution in [0.2, 0.25) is 5.02 Å². The number of carbonyl (C=O) groups excluding carboxylic acids is 2. The number of carbonyl (C=O) groups is 2. The number of rotatable bonds is 6. The zero-order valence-corrected chi connectivity index (χ0v) is 19.1. The van der Waals surface area contributed by atoms with Crippen LogP contribution >= 0.6 is 11.6 Å². The molecule has 4 aromatic rings. The van der Waals surface area contributed by atoms with Gasteiger partial charge in [-0.15, -0.1) is 0 Å². The van der Waals surface area contributed by atoms with Crippen molar-refractivity contribution < 1.29 is 23.8 Å². The quantitative estimate of drug-likeness (QED) is 0.372. The molecular formula is C25H20ClN3O5. The van der Waals surface area contributed by atoms with Crippen molar-refractivity contribution in [1.29, 1.82) is 0 Å². The van der Waals surface area contributed by atoms with Gasteiger partial charge in [-0.05, 0) is 36.4 Å². The lowest BCUT2D eigenvalue weighted by Gasteiger charge is -2.13. The minimum Gasteiger partial charge on any atom is -0.496 e. The number of nitrogens with one attached hydrogen (secondary N) is 2. The van der Waals surface area contributed by atoms with Crippen LogP contribution in [0.1, 0.15) is 10.4 Å². The number of nitrogens with zero attached hydrogens (tertiary/aromatic N) is 1. The van der Waals surface area contributed by atoms with Gasteiger partial charge in [0.2, 0.25) is 0 Å². The van der Waals surface area contributed by atoms with Gasteiger partial charge in [-0.1, -0.05) is 29.8 Å². The van der Waals surface area contributed by atoms with Gasteiger partial charge in [0, 0.05) is 30.8 Å². The number of hydrogen-bond donors (Lipinski definition) is 2. The standard InChI is InChI=1S/C25H20ClN3O5/c1-27-24(30)18-13-17-21(14-23(18)32-2)28-11-10-22(17)33-16-8-9-20(19(26)12-16)29-25(31)34-15-6-4-3-5-7-15/h3-14H,1-2H3,(H,27,30)(H,29,31). The summed E-state index contributed by atoms with van der Waals surface area (Å²) in [7, 11) is 3.03. The zero-order chi connectivity index (χ0) is 24.1. The maximum absolute atomic E-state index is 12.3. The molecule has 0 aliphatic carbocycles. The molecular weight excluding hydrogens is 458 g/mol. The first-order valence-corrected chi connectivity index (χ1v) is 10.6. The maximum atomic E-state index is 12.3. The highest BCUT2D eigenvalue weighted by molar-refractivity contribution is 6.33. The summed E-state index contributed by atoms with van der Waals surface area (Å²) in [4.78, 5) is 28.8. The minimum atomic E-state index is -0.669. The molecule has 1 aromatic heterocycles. The van der Waals surface area contributed by atoms with Gasteiger partial charge in [0.1, 0.15) is 23.0 Å². The minimum absolute atomic E-state index is 0.258. The second-order valence-corrected chi connectivity index (χ2v) is 7.44. The topological polar surface area (TPSA) is 98.8 Å². The highest BCUT2D eigenvalue weighted by Crippen LogP contribution is 2.35. The molecule has 2 N–H and O–H groups in total. The van der Waals surface area contributed by atoms with Crippen LogP contribution in [0.25, 0.3) is 10.9 Å². The zero-order valence-electron chi connectivity index (χ0n) is 18.3. The van der Waals surface area contributed by atoms with Crippen LogP contribution in [0.5, 0.6) is 23.0 Å². The molecule has 0 saturated carbocycles. The summed E-state index contributed by atoms with van der Waals surface area (Å²) in [6, 6.07) is 18.5. The monoisotopic (exact) mass is 477 g/mol. The summed E-state index contributed by atoms with van der Waals surface area (Å²) < 4.78 is 16.6. The third-order valence-corrected chi connectivity index (χ3v) is 5.17. The summed E-state index contributed by atoms with van der Waals surface area (Å²) in [5.74, 6) is 1.41. The summed E-state index contributed by atoms with van der Waals surface area (Å²) in [6.45, 7) is 0. The Labute approximate surface area is 200 Å². The number of para-hydroxylation sites is 1. The lowest BCUT2D eigenvalue weighted by atomic mass is 10.1. The van der Waals surface area contributed by atoms with Crippen LogP contribution in [0.15, 0.2) is 72.9 Å². The lowest BCUT2D eigenvalue weighted by Crippen LogP contribution is -2.18. The summed E-state index contributed by atoms with van der Waals surface area (Å²) in [5, 5.41) is 6.07. The smallest absolute Gasteiger partial charge is 0.417 e. The van der Waals surface area contributed by atoms with E-state index in [0.29, 0.717) is 45.2 Å². The van der Waals surface area contributed by atoms with Crippen LogP contribution in [-0.4, -0.2) is 31.1 Å². The van der Waals surface area contributed by atoms with Crippen molar-refractivity contribution in [3.05, 3.63) is 83.5 Å². The normalized spacial score (nSPS) is 10.4. The molecule has 172 valence electrons. The number of anilines is 1. The molecule has 3 aromatic carbocycles. The van der Waals surface area contributed by atoms with Gasteiger partial charge >= 0.3 is 6.09 Å². The highest BCUT2D eigenvalue weighted by Gasteiger charge is 2.16. The van der Waals surface area contributed by atoms with Crippen molar-refractivity contribution >= 4 is 40.2 Å². The molecule has 0 fully saturated rings. The van der Waals surface area contributed by atoms with Crippen molar-refractivity contribution in [3.8, 4) is 23.0 Å². The predicted octanol–water partition coefficient (Wildman–Crippen LogP) is 5.66. The lowest BCUT2D eigenvalue weighted by molar-refractivity contribution is 0.0960. The van der Waals surface area contributed by atoms with E-state index in [-0.39, 0.29) is 10.9 Å². The number of ether oxygens (including phenoxy) is 3. The molecule has 0 saturated heterocycles. The van der Waals surface area contributed by atoms with Crippen molar-refractivity contribution in [2.45, 2.75) is 0 Å². The Balaban J connectivity index is 1.57. The van der Waals surface area contributed by atoms with Crippen LogP contribution in [0, 0.1) is 0 Å². The third kappa shape index (κ3) is 5.02. The second kappa shape index (κ2) is 10.1. The van der Waals surface area contributed by atoms with Gasteiger partial charge in [-0.25, -0.2) is 4.79 Å². The van der Waals surface area contributed by atoms with E-state index in [1.54, 1.807) is 73.9 Å². The van der Waals surface area contributed by atoms with Crippen molar-refractivity contribution in [2.75, 3.05) is 19.5 Å². The van der Waals surface area contributed by atoms with Crippen molar-refractivity contribution in [1.82, 2.24) is 10.3 Å². The first kappa shape index (κ1) is 22.9. The number of aromatic nitrogens is 1. The average molecular weight is 478 g/mol. The molecule has 1 heterocycles. The molecule has 0 aliphatic heterocycles. The number of halogens is 1. The average Bonchev–Trinajstić information content (AvgIpc) is 2.85. The molecule has 34 heavy (non-hydrogen) atoms. The molecule has 0 unspecified atom stereocenters. The molecule has 0 bridgehead atoms. The van der Waals surface area contributed by atoms with Gasteiger partial charge < -0.3 is 19.5 Å². The maximum Gasteiger partial charge on any atom is 0.417 e. The van der Waals surface area contributed by atoms with Crippen LogP contribution in [-0.2, 0) is 0 Å². The number of fused-ring (bicyclic) bond motifs is 1. The second-order valence-electron chi connectivity index (χ2n) is 7.03. The molecule has 0 radical (unpaired) electrons. The Hall–Kier alpha value is -4.30. The predicted molar refractivity (Wildman–Crippen MR) is 129 cm³/mol. The number of benzene rings is 3. The van der Waals surface area contributed by atoms with Gasteiger partial charge in [0.25, 0.3) is 5.91 Å². The molecule has 0 atom stereocenters. The van der Waals surface area contributed by atoms with Gasteiger partial charge in [0.05, 0.1) is 28.9 Å². The fraction of sp³-hybridized carbons (Fsp3) is 0.0800. The first-order valence-electron chi connectivity index (χ1n) is 10.2. The van der Waals surface area contributed by atoms with Gasteiger partial charge in [-0.2, -0.15) is 0 Å². The van der Waals surface area contributed by atoms with Gasteiger partial charge in [0.15, 0.2) is 0 Å². The van der Waals surface area contributed by atoms with Crippen LogP contribution in [0.3, 0.4) is 0 Å². The molecule has 8 nitrogen and oxygen atoms in total. The van der Waals surface area contributed by atoms with E-state index in [0.717, 1.165) is 0 Å². The third-order valence-electron chi connectivity index (χ3n) is 4.85. The summed E-state index contributed by atoms with van der Waals surface area (Å²) in [6.07, 6.45) is 0.922. The Bertz CT molecular complexity index is 1360. The van der Waals surface area contributed by atoms with Gasteiger partial charge in [-0.3, -0.25) is 15.1 Å². The molecule has 2 amide bonds. The number of amides is 2. The summed E-state index contributed by atoms with van der Waals surface area (Å²) >= 11 is 6.35. The van der Waals surface area contributed by atoms with E-state index in [2.05, 4.69) is 15.6 Å². The fourth-order valence-electron chi connectivity index (χ4n) is 3.24. The Morgan fingerprint density at radius 1 is 0.941 bits per heavy atom. The fourth-order valence-corrected chi connectivity index (χ4v) is 3.45. The Kier molecular flexibility index (Phi) is 6.79. The highest BCUT2D eigenvalue weighted by atomic mass is 35.5. The van der Waals surface area contributed by atoms with Crippen molar-refractivity contribution in [3.63, 3.8) is 0 Å². The van der Waals surface area contributed by atoms with E-state index < -0.39 is 6.09 Å². The summed E-state index contributed by atoms with van der Waals surface area (Å²) in [5.41, 5.74) is 1.31.